The third-order valence-corrected chi connectivity index (χ3v) is 4.88. The zero-order valence-corrected chi connectivity index (χ0v) is 20.2. The van der Waals surface area contributed by atoms with Gasteiger partial charge in [-0.2, -0.15) is 5.10 Å². The van der Waals surface area contributed by atoms with Crippen molar-refractivity contribution < 1.29 is 28.6 Å². The van der Waals surface area contributed by atoms with Crippen LogP contribution in [0.1, 0.15) is 30.9 Å². The van der Waals surface area contributed by atoms with Crippen molar-refractivity contribution in [1.82, 2.24) is 5.43 Å². The molecule has 0 aliphatic rings. The van der Waals surface area contributed by atoms with Gasteiger partial charge in [-0.3, -0.25) is 9.59 Å². The third kappa shape index (κ3) is 8.57. The molecule has 176 valence electrons. The quantitative estimate of drug-likeness (QED) is 0.266. The lowest BCUT2D eigenvalue weighted by atomic mass is 10.2. The Balaban J connectivity index is 1.91. The number of aryl methyl sites for hydroxylation is 1. The van der Waals surface area contributed by atoms with Crippen LogP contribution in [-0.2, 0) is 19.1 Å². The molecule has 0 spiro atoms. The summed E-state index contributed by atoms with van der Waals surface area (Å²) in [5.74, 6) is -0.422. The van der Waals surface area contributed by atoms with E-state index in [1.54, 1.807) is 18.2 Å². The number of esters is 1. The maximum absolute atomic E-state index is 12.1. The van der Waals surface area contributed by atoms with E-state index in [0.29, 0.717) is 28.1 Å². The van der Waals surface area contributed by atoms with E-state index in [0.717, 1.165) is 11.3 Å². The molecule has 0 unspecified atom stereocenters. The average molecular weight is 520 g/mol. The molecule has 0 aromatic heterocycles. The topological polar surface area (TPSA) is 115 Å². The number of anilines is 1. The highest BCUT2D eigenvalue weighted by Gasteiger charge is 2.14. The molecule has 0 bridgehead atoms. The van der Waals surface area contributed by atoms with Crippen LogP contribution in [0, 0.1) is 6.92 Å². The SMILES string of the molecule is CCOc1cc(C=NNC(=O)CCC(=O)Nc2ccccc2C)cc(Br)c1OCC(=O)OC. The van der Waals surface area contributed by atoms with Gasteiger partial charge in [0.1, 0.15) is 0 Å². The van der Waals surface area contributed by atoms with Crippen molar-refractivity contribution in [2.24, 2.45) is 5.10 Å². The Kier molecular flexibility index (Phi) is 10.4. The fraction of sp³-hybridized carbons (Fsp3) is 0.304. The minimum atomic E-state index is -0.523. The highest BCUT2D eigenvalue weighted by atomic mass is 79.9. The van der Waals surface area contributed by atoms with Gasteiger partial charge in [-0.05, 0) is 59.1 Å². The Morgan fingerprint density at radius 2 is 1.82 bits per heavy atom. The number of nitrogens with zero attached hydrogens (tertiary/aromatic N) is 1. The first-order valence-corrected chi connectivity index (χ1v) is 11.0. The smallest absolute Gasteiger partial charge is 0.343 e. The predicted octanol–water partition coefficient (Wildman–Crippen LogP) is 3.58. The number of hydrogen-bond donors (Lipinski definition) is 2. The van der Waals surface area contributed by atoms with E-state index < -0.39 is 11.9 Å². The maximum Gasteiger partial charge on any atom is 0.343 e. The molecule has 33 heavy (non-hydrogen) atoms. The van der Waals surface area contributed by atoms with Gasteiger partial charge in [0, 0.05) is 18.5 Å². The van der Waals surface area contributed by atoms with Crippen LogP contribution in [0.5, 0.6) is 11.5 Å². The van der Waals surface area contributed by atoms with Gasteiger partial charge in [-0.1, -0.05) is 18.2 Å². The number of amides is 2. The Labute approximate surface area is 200 Å². The molecule has 0 aliphatic heterocycles. The number of nitrogens with one attached hydrogen (secondary N) is 2. The number of hydrogen-bond acceptors (Lipinski definition) is 7. The van der Waals surface area contributed by atoms with Crippen molar-refractivity contribution in [2.75, 3.05) is 25.6 Å². The summed E-state index contributed by atoms with van der Waals surface area (Å²) < 4.78 is 16.2. The first-order chi connectivity index (χ1) is 15.8. The Morgan fingerprint density at radius 1 is 1.09 bits per heavy atom. The third-order valence-electron chi connectivity index (χ3n) is 4.29. The Hall–Kier alpha value is -3.40. The fourth-order valence-corrected chi connectivity index (χ4v) is 3.22. The molecule has 0 radical (unpaired) electrons. The van der Waals surface area contributed by atoms with Gasteiger partial charge in [0.25, 0.3) is 0 Å². The van der Waals surface area contributed by atoms with E-state index in [9.17, 15) is 14.4 Å². The van der Waals surface area contributed by atoms with Crippen LogP contribution in [0.25, 0.3) is 0 Å². The van der Waals surface area contributed by atoms with E-state index in [1.165, 1.54) is 13.3 Å². The molecule has 0 heterocycles. The molecule has 2 aromatic rings. The average Bonchev–Trinajstić information content (AvgIpc) is 2.78. The number of hydrazone groups is 1. The number of carbonyl (C=O) groups is 3. The number of ether oxygens (including phenoxy) is 3. The molecular weight excluding hydrogens is 494 g/mol. The molecule has 2 amide bonds. The lowest BCUT2D eigenvalue weighted by Gasteiger charge is -2.13. The molecule has 0 atom stereocenters. The van der Waals surface area contributed by atoms with Crippen LogP contribution < -0.4 is 20.2 Å². The molecule has 2 rings (SSSR count). The highest BCUT2D eigenvalue weighted by molar-refractivity contribution is 9.10. The van der Waals surface area contributed by atoms with Crippen molar-refractivity contribution in [2.45, 2.75) is 26.7 Å². The minimum Gasteiger partial charge on any atom is -0.490 e. The second kappa shape index (κ2) is 13.2. The van der Waals surface area contributed by atoms with E-state index in [4.69, 9.17) is 9.47 Å². The van der Waals surface area contributed by atoms with Crippen LogP contribution in [0.3, 0.4) is 0 Å². The summed E-state index contributed by atoms with van der Waals surface area (Å²) in [5.41, 5.74) is 4.68. The number of methoxy groups -OCH3 is 1. The van der Waals surface area contributed by atoms with Crippen molar-refractivity contribution in [3.63, 3.8) is 0 Å². The summed E-state index contributed by atoms with van der Waals surface area (Å²) >= 11 is 3.38. The summed E-state index contributed by atoms with van der Waals surface area (Å²) in [6.07, 6.45) is 1.45. The van der Waals surface area contributed by atoms with Crippen LogP contribution in [-0.4, -0.2) is 44.3 Å². The first kappa shape index (κ1) is 25.9. The second-order valence-electron chi connectivity index (χ2n) is 6.78. The van der Waals surface area contributed by atoms with Crippen molar-refractivity contribution in [1.29, 1.82) is 0 Å². The largest absolute Gasteiger partial charge is 0.490 e. The van der Waals surface area contributed by atoms with Gasteiger partial charge in [-0.15, -0.1) is 0 Å². The first-order valence-electron chi connectivity index (χ1n) is 10.2. The Bertz CT molecular complexity index is 1030. The zero-order valence-electron chi connectivity index (χ0n) is 18.6. The van der Waals surface area contributed by atoms with Crippen LogP contribution in [0.4, 0.5) is 5.69 Å². The van der Waals surface area contributed by atoms with Crippen molar-refractivity contribution in [3.8, 4) is 11.5 Å². The predicted molar refractivity (Wildman–Crippen MR) is 128 cm³/mol. The lowest BCUT2D eigenvalue weighted by molar-refractivity contribution is -0.143. The Morgan fingerprint density at radius 3 is 2.52 bits per heavy atom. The number of benzene rings is 2. The highest BCUT2D eigenvalue weighted by Crippen LogP contribution is 2.36. The van der Waals surface area contributed by atoms with E-state index in [2.05, 4.69) is 36.5 Å². The molecule has 2 aromatic carbocycles. The van der Waals surface area contributed by atoms with Gasteiger partial charge >= 0.3 is 5.97 Å². The van der Waals surface area contributed by atoms with Crippen molar-refractivity contribution >= 4 is 45.6 Å². The van der Waals surface area contributed by atoms with Gasteiger partial charge in [0.05, 0.1) is 24.4 Å². The molecule has 9 nitrogen and oxygen atoms in total. The normalized spacial score (nSPS) is 10.5. The summed E-state index contributed by atoms with van der Waals surface area (Å²) in [6.45, 7) is 3.82. The molecule has 0 aliphatic carbocycles. The number of rotatable bonds is 11. The minimum absolute atomic E-state index is 0.0107. The molecule has 0 fully saturated rings. The molecule has 0 saturated carbocycles. The van der Waals surface area contributed by atoms with Gasteiger partial charge in [-0.25, -0.2) is 10.2 Å². The van der Waals surface area contributed by atoms with Gasteiger partial charge in [0.15, 0.2) is 18.1 Å². The number of halogens is 1. The van der Waals surface area contributed by atoms with E-state index in [-0.39, 0.29) is 25.4 Å². The van der Waals surface area contributed by atoms with Crippen molar-refractivity contribution in [3.05, 3.63) is 52.0 Å². The van der Waals surface area contributed by atoms with Crippen LogP contribution >= 0.6 is 15.9 Å². The summed E-state index contributed by atoms with van der Waals surface area (Å²) in [5, 5.41) is 6.71. The summed E-state index contributed by atoms with van der Waals surface area (Å²) in [4.78, 5) is 35.4. The van der Waals surface area contributed by atoms with Crippen LogP contribution in [0.2, 0.25) is 0 Å². The number of carbonyl (C=O) groups excluding carboxylic acids is 3. The maximum atomic E-state index is 12.1. The molecule has 10 heteroatoms. The summed E-state index contributed by atoms with van der Waals surface area (Å²) in [7, 11) is 1.27. The summed E-state index contributed by atoms with van der Waals surface area (Å²) in [6, 6.07) is 10.8. The van der Waals surface area contributed by atoms with E-state index >= 15 is 0 Å². The monoisotopic (exact) mass is 519 g/mol. The molecule has 2 N–H and O–H groups in total. The van der Waals surface area contributed by atoms with Crippen LogP contribution in [0.15, 0.2) is 46.0 Å². The fourth-order valence-electron chi connectivity index (χ4n) is 2.64. The van der Waals surface area contributed by atoms with E-state index in [1.807, 2.05) is 32.0 Å². The standard InChI is InChI=1S/C23H26BrN3O6/c1-4-32-19-12-16(11-17(24)23(19)33-14-22(30)31-3)13-25-27-21(29)10-9-20(28)26-18-8-6-5-7-15(18)2/h5-8,11-13H,4,9-10,14H2,1-3H3,(H,26,28)(H,27,29). The van der Waals surface area contributed by atoms with Gasteiger partial charge < -0.3 is 19.5 Å². The lowest BCUT2D eigenvalue weighted by Crippen LogP contribution is -2.20. The molecular formula is C23H26BrN3O6. The molecule has 0 saturated heterocycles. The van der Waals surface area contributed by atoms with Gasteiger partial charge in [0.2, 0.25) is 11.8 Å². The zero-order chi connectivity index (χ0) is 24.2. The number of para-hydroxylation sites is 1. The second-order valence-corrected chi connectivity index (χ2v) is 7.64.